The number of aryl methyl sites for hydroxylation is 1. The number of aromatic nitrogens is 1. The van der Waals surface area contributed by atoms with Gasteiger partial charge in [-0.15, -0.1) is 10.2 Å². The lowest BCUT2D eigenvalue weighted by Gasteiger charge is -2.06. The fourth-order valence-corrected chi connectivity index (χ4v) is 3.61. The molecule has 1 N–H and O–H groups in total. The lowest BCUT2D eigenvalue weighted by Crippen LogP contribution is -2.07. The molecule has 4 rings (SSSR count). The maximum Gasteiger partial charge on any atom is 0.302 e. The molecule has 0 unspecified atom stereocenters. The third-order valence-corrected chi connectivity index (χ3v) is 5.30. The van der Waals surface area contributed by atoms with Crippen LogP contribution in [0.25, 0.3) is 21.7 Å². The molecule has 0 saturated carbocycles. The highest BCUT2D eigenvalue weighted by Gasteiger charge is 2.17. The zero-order valence-corrected chi connectivity index (χ0v) is 18.1. The number of methoxy groups -OCH3 is 1. The van der Waals surface area contributed by atoms with Gasteiger partial charge >= 0.3 is 5.91 Å². The molecule has 4 aromatic rings. The number of benzene rings is 3. The summed E-state index contributed by atoms with van der Waals surface area (Å²) in [5, 5.41) is 21.4. The molecule has 0 atom stereocenters. The summed E-state index contributed by atoms with van der Waals surface area (Å²) in [5.74, 6) is 0.646. The van der Waals surface area contributed by atoms with Crippen molar-refractivity contribution in [3.63, 3.8) is 0 Å². The smallest absolute Gasteiger partial charge is 0.302 e. The zero-order valence-electron chi connectivity index (χ0n) is 18.1. The number of amides is 1. The van der Waals surface area contributed by atoms with E-state index in [0.29, 0.717) is 23.4 Å². The van der Waals surface area contributed by atoms with E-state index in [1.807, 2.05) is 54.6 Å². The Labute approximate surface area is 185 Å². The van der Waals surface area contributed by atoms with E-state index >= 15 is 0 Å². The van der Waals surface area contributed by atoms with Crippen LogP contribution in [0.15, 0.2) is 70.9 Å². The quantitative estimate of drug-likeness (QED) is 0.347. The minimum Gasteiger partial charge on any atom is -0.497 e. The van der Waals surface area contributed by atoms with Gasteiger partial charge in [-0.25, -0.2) is 0 Å². The first-order chi connectivity index (χ1) is 15.6. The number of azo groups is 1. The molecule has 7 heteroatoms. The molecule has 1 heterocycles. The Morgan fingerprint density at radius 1 is 1.03 bits per heavy atom. The van der Waals surface area contributed by atoms with Gasteiger partial charge in [0.2, 0.25) is 5.88 Å². The average molecular weight is 431 g/mol. The van der Waals surface area contributed by atoms with Crippen LogP contribution < -0.4 is 9.47 Å². The number of unbranched alkanes of at least 4 members (excludes halogenated alkanes) is 1. The third-order valence-electron chi connectivity index (χ3n) is 5.30. The molecule has 164 valence electrons. The largest absolute Gasteiger partial charge is 0.497 e. The summed E-state index contributed by atoms with van der Waals surface area (Å²) in [4.78, 5) is 12.3. The number of ether oxygens (including phenoxy) is 2. The van der Waals surface area contributed by atoms with E-state index < -0.39 is 5.91 Å². The second-order valence-electron chi connectivity index (χ2n) is 7.45. The minimum absolute atomic E-state index is 0.0197. The van der Waals surface area contributed by atoms with Gasteiger partial charge in [0.15, 0.2) is 12.3 Å². The molecule has 0 radical (unpaired) electrons. The number of nitrogens with zero attached hydrogens (tertiary/aromatic N) is 3. The first kappa shape index (κ1) is 21.4. The molecule has 0 spiro atoms. The normalized spacial score (nSPS) is 11.4. The standard InChI is InChI=1S/C25H25N3O4/c1-3-4-13-28-22-12-11-19(31-2)15-21(22)24(25(28)30)27-26-23(29)16-32-20-10-9-17-7-5-6-8-18(17)14-20/h5-12,14-15,30H,3-4,13,16H2,1-2H3. The van der Waals surface area contributed by atoms with Crippen LogP contribution in [0.4, 0.5) is 5.69 Å². The summed E-state index contributed by atoms with van der Waals surface area (Å²) in [6.07, 6.45) is 1.88. The lowest BCUT2D eigenvalue weighted by molar-refractivity contribution is -0.120. The van der Waals surface area contributed by atoms with Crippen molar-refractivity contribution in [3.05, 3.63) is 60.7 Å². The number of carbonyl (C=O) groups excluding carboxylic acids is 1. The van der Waals surface area contributed by atoms with Gasteiger partial charge < -0.3 is 19.1 Å². The molecule has 7 nitrogen and oxygen atoms in total. The van der Waals surface area contributed by atoms with Crippen molar-refractivity contribution >= 4 is 33.3 Å². The summed E-state index contributed by atoms with van der Waals surface area (Å²) in [6.45, 7) is 2.47. The van der Waals surface area contributed by atoms with Crippen LogP contribution >= 0.6 is 0 Å². The molecule has 0 aliphatic heterocycles. The summed E-state index contributed by atoms with van der Waals surface area (Å²) < 4.78 is 12.7. The Morgan fingerprint density at radius 2 is 1.81 bits per heavy atom. The molecule has 0 aliphatic rings. The van der Waals surface area contributed by atoms with Crippen LogP contribution in [0, 0.1) is 0 Å². The molecule has 1 aromatic heterocycles. The SMILES string of the molecule is CCCCn1c(O)c(N=NC(=O)COc2ccc3ccccc3c2)c2cc(OC)ccc21. The van der Waals surface area contributed by atoms with Crippen LogP contribution in [0.2, 0.25) is 0 Å². The molecular weight excluding hydrogens is 406 g/mol. The first-order valence-electron chi connectivity index (χ1n) is 10.6. The predicted molar refractivity (Wildman–Crippen MR) is 124 cm³/mol. The highest BCUT2D eigenvalue weighted by atomic mass is 16.5. The van der Waals surface area contributed by atoms with E-state index in [1.165, 1.54) is 0 Å². The zero-order chi connectivity index (χ0) is 22.5. The van der Waals surface area contributed by atoms with Crippen molar-refractivity contribution in [2.24, 2.45) is 10.2 Å². The van der Waals surface area contributed by atoms with Crippen LogP contribution in [0.5, 0.6) is 17.4 Å². The second-order valence-corrected chi connectivity index (χ2v) is 7.45. The van der Waals surface area contributed by atoms with E-state index in [1.54, 1.807) is 17.7 Å². The maximum atomic E-state index is 12.3. The summed E-state index contributed by atoms with van der Waals surface area (Å²) in [7, 11) is 1.57. The Morgan fingerprint density at radius 3 is 2.59 bits per heavy atom. The third kappa shape index (κ3) is 4.42. The summed E-state index contributed by atoms with van der Waals surface area (Å²) in [5.41, 5.74) is 1.06. The number of rotatable bonds is 8. The predicted octanol–water partition coefficient (Wildman–Crippen LogP) is 6.00. The van der Waals surface area contributed by atoms with Gasteiger partial charge in [-0.05, 0) is 47.5 Å². The molecule has 1 amide bonds. The van der Waals surface area contributed by atoms with E-state index in [2.05, 4.69) is 17.2 Å². The number of aromatic hydroxyl groups is 1. The molecule has 3 aromatic carbocycles. The van der Waals surface area contributed by atoms with Gasteiger partial charge in [-0.1, -0.05) is 43.7 Å². The van der Waals surface area contributed by atoms with E-state index in [4.69, 9.17) is 9.47 Å². The highest BCUT2D eigenvalue weighted by Crippen LogP contribution is 2.40. The van der Waals surface area contributed by atoms with Gasteiger partial charge in [-0.2, -0.15) is 0 Å². The second kappa shape index (κ2) is 9.51. The summed E-state index contributed by atoms with van der Waals surface area (Å²) >= 11 is 0. The summed E-state index contributed by atoms with van der Waals surface area (Å²) in [6, 6.07) is 19.0. The van der Waals surface area contributed by atoms with Gasteiger partial charge in [0.25, 0.3) is 0 Å². The lowest BCUT2D eigenvalue weighted by atomic mass is 10.1. The van der Waals surface area contributed by atoms with E-state index in [9.17, 15) is 9.90 Å². The number of fused-ring (bicyclic) bond motifs is 2. The molecule has 0 fully saturated rings. The van der Waals surface area contributed by atoms with Gasteiger partial charge in [-0.3, -0.25) is 4.79 Å². The minimum atomic E-state index is -0.546. The van der Waals surface area contributed by atoms with Crippen molar-refractivity contribution in [1.82, 2.24) is 4.57 Å². The van der Waals surface area contributed by atoms with Crippen molar-refractivity contribution in [1.29, 1.82) is 0 Å². The Bertz CT molecular complexity index is 1290. The number of hydrogen-bond donors (Lipinski definition) is 1. The first-order valence-corrected chi connectivity index (χ1v) is 10.6. The van der Waals surface area contributed by atoms with Gasteiger partial charge in [0.1, 0.15) is 11.5 Å². The topological polar surface area (TPSA) is 85.4 Å². The number of hydrogen-bond acceptors (Lipinski definition) is 5. The van der Waals surface area contributed by atoms with Crippen molar-refractivity contribution in [2.45, 2.75) is 26.3 Å². The molecule has 32 heavy (non-hydrogen) atoms. The highest BCUT2D eigenvalue weighted by molar-refractivity contribution is 5.96. The fourth-order valence-electron chi connectivity index (χ4n) is 3.61. The molecule has 0 saturated heterocycles. The van der Waals surface area contributed by atoms with Crippen molar-refractivity contribution in [2.75, 3.05) is 13.7 Å². The van der Waals surface area contributed by atoms with Crippen molar-refractivity contribution < 1.29 is 19.4 Å². The molecule has 0 aliphatic carbocycles. The van der Waals surface area contributed by atoms with E-state index in [-0.39, 0.29) is 18.2 Å². The average Bonchev–Trinajstić information content (AvgIpc) is 3.09. The van der Waals surface area contributed by atoms with Crippen LogP contribution in [0.1, 0.15) is 19.8 Å². The fraction of sp³-hybridized carbons (Fsp3) is 0.240. The Kier molecular flexibility index (Phi) is 6.35. The van der Waals surface area contributed by atoms with Gasteiger partial charge in [0.05, 0.1) is 12.6 Å². The molecular formula is C25H25N3O4. The van der Waals surface area contributed by atoms with Crippen LogP contribution in [-0.2, 0) is 11.3 Å². The van der Waals surface area contributed by atoms with Crippen LogP contribution in [0.3, 0.4) is 0 Å². The van der Waals surface area contributed by atoms with E-state index in [0.717, 1.165) is 29.1 Å². The molecule has 0 bridgehead atoms. The van der Waals surface area contributed by atoms with Crippen molar-refractivity contribution in [3.8, 4) is 17.4 Å². The van der Waals surface area contributed by atoms with Crippen LogP contribution in [-0.4, -0.2) is 29.3 Å². The monoisotopic (exact) mass is 431 g/mol. The van der Waals surface area contributed by atoms with Gasteiger partial charge in [0, 0.05) is 11.9 Å². The maximum absolute atomic E-state index is 12.3. The number of carbonyl (C=O) groups is 1. The Hall–Kier alpha value is -3.87. The Balaban J connectivity index is 1.53.